The van der Waals surface area contributed by atoms with Crippen molar-refractivity contribution in [2.75, 3.05) is 14.2 Å². The van der Waals surface area contributed by atoms with Crippen LogP contribution in [0.3, 0.4) is 0 Å². The summed E-state index contributed by atoms with van der Waals surface area (Å²) >= 11 is 6.75. The lowest BCUT2D eigenvalue weighted by Crippen LogP contribution is -2.17. The Balaban J connectivity index is 2.63. The van der Waals surface area contributed by atoms with Crippen LogP contribution in [-0.4, -0.2) is 34.6 Å². The number of carbonyl (C=O) groups is 2. The monoisotopic (exact) mass is 654 g/mol. The summed E-state index contributed by atoms with van der Waals surface area (Å²) in [6, 6.07) is 16.6. The SMILES string of the molecule is CC/C(Cl)=C(CC)/C(=C(\C(C(=O)OC)=C(/C=C/S(=O)(=O)c1ccc(C)cc1)C(=O)OC)c1ccc(F)cc1)c1ccc(F)cc1. The second kappa shape index (κ2) is 15.6. The van der Waals surface area contributed by atoms with E-state index in [-0.39, 0.29) is 21.6 Å². The summed E-state index contributed by atoms with van der Waals surface area (Å²) in [6.45, 7) is 5.46. The minimum absolute atomic E-state index is 0.0413. The number of methoxy groups -OCH3 is 2. The number of carbonyl (C=O) groups excluding carboxylic acids is 2. The van der Waals surface area contributed by atoms with Crippen molar-refractivity contribution >= 4 is 44.5 Å². The maximum atomic E-state index is 14.2. The molecule has 3 aromatic rings. The van der Waals surface area contributed by atoms with E-state index < -0.39 is 39.0 Å². The smallest absolute Gasteiger partial charge is 0.339 e. The number of esters is 2. The molecule has 0 aromatic heterocycles. The molecule has 0 N–H and O–H groups in total. The summed E-state index contributed by atoms with van der Waals surface area (Å²) in [7, 11) is -1.93. The largest absolute Gasteiger partial charge is 0.465 e. The Kier molecular flexibility index (Phi) is 12.2. The Morgan fingerprint density at radius 2 is 1.24 bits per heavy atom. The van der Waals surface area contributed by atoms with E-state index in [0.29, 0.717) is 34.6 Å². The van der Waals surface area contributed by atoms with Gasteiger partial charge >= 0.3 is 11.9 Å². The van der Waals surface area contributed by atoms with Crippen molar-refractivity contribution < 1.29 is 36.3 Å². The molecule has 236 valence electrons. The number of benzene rings is 3. The second-order valence-electron chi connectivity index (χ2n) is 9.79. The normalized spacial score (nSPS) is 13.5. The molecule has 0 unspecified atom stereocenters. The van der Waals surface area contributed by atoms with Gasteiger partial charge in [-0.25, -0.2) is 26.8 Å². The van der Waals surface area contributed by atoms with Crippen molar-refractivity contribution in [3.8, 4) is 0 Å². The topological polar surface area (TPSA) is 86.7 Å². The molecule has 0 saturated heterocycles. The van der Waals surface area contributed by atoms with E-state index in [0.717, 1.165) is 31.3 Å². The van der Waals surface area contributed by atoms with Crippen molar-refractivity contribution in [1.82, 2.24) is 0 Å². The number of ether oxygens (including phenoxy) is 2. The number of rotatable bonds is 11. The van der Waals surface area contributed by atoms with E-state index in [9.17, 15) is 26.8 Å². The number of aryl methyl sites for hydroxylation is 1. The average molecular weight is 655 g/mol. The van der Waals surface area contributed by atoms with Gasteiger partial charge in [-0.2, -0.15) is 0 Å². The van der Waals surface area contributed by atoms with Crippen LogP contribution in [0.5, 0.6) is 0 Å². The van der Waals surface area contributed by atoms with Gasteiger partial charge in [0, 0.05) is 16.0 Å². The van der Waals surface area contributed by atoms with Gasteiger partial charge in [-0.3, -0.25) is 0 Å². The van der Waals surface area contributed by atoms with Crippen molar-refractivity contribution in [1.29, 1.82) is 0 Å². The summed E-state index contributed by atoms with van der Waals surface area (Å²) in [4.78, 5) is 27.1. The standard InChI is InChI=1S/C35H33ClF2O6S/c1-6-28(30(36)7-2)31(23-10-14-25(37)15-11-23)32(24-12-16-26(38)17-13-24)33(35(40)44-5)29(34(39)43-4)20-21-45(41,42)27-18-8-22(3)9-19-27/h8-21H,6-7H2,1-5H3/b21-20+,30-28-,32-31-,33-29-. The van der Waals surface area contributed by atoms with Gasteiger partial charge in [-0.05, 0) is 84.5 Å². The van der Waals surface area contributed by atoms with Crippen molar-refractivity contribution in [2.45, 2.75) is 38.5 Å². The molecule has 0 saturated carbocycles. The van der Waals surface area contributed by atoms with E-state index in [1.54, 1.807) is 19.1 Å². The average Bonchev–Trinajstić information content (AvgIpc) is 3.04. The molecule has 0 aliphatic heterocycles. The Bertz CT molecular complexity index is 1790. The first-order valence-electron chi connectivity index (χ1n) is 13.9. The van der Waals surface area contributed by atoms with E-state index >= 15 is 0 Å². The molecule has 45 heavy (non-hydrogen) atoms. The molecule has 0 atom stereocenters. The lowest BCUT2D eigenvalue weighted by Gasteiger charge is -2.22. The van der Waals surface area contributed by atoms with Gasteiger partial charge in [0.1, 0.15) is 11.6 Å². The van der Waals surface area contributed by atoms with Crippen LogP contribution in [0.1, 0.15) is 43.4 Å². The molecule has 0 spiro atoms. The van der Waals surface area contributed by atoms with Crippen LogP contribution in [-0.2, 0) is 28.9 Å². The van der Waals surface area contributed by atoms with E-state index in [1.165, 1.54) is 60.7 Å². The highest BCUT2D eigenvalue weighted by Gasteiger charge is 2.30. The van der Waals surface area contributed by atoms with Crippen molar-refractivity contribution in [2.24, 2.45) is 0 Å². The third kappa shape index (κ3) is 8.44. The van der Waals surface area contributed by atoms with E-state index in [4.69, 9.17) is 21.1 Å². The fourth-order valence-electron chi connectivity index (χ4n) is 4.61. The Hall–Kier alpha value is -4.34. The predicted octanol–water partition coefficient (Wildman–Crippen LogP) is 8.13. The third-order valence-electron chi connectivity index (χ3n) is 6.89. The minimum Gasteiger partial charge on any atom is -0.465 e. The maximum Gasteiger partial charge on any atom is 0.339 e. The zero-order valence-corrected chi connectivity index (χ0v) is 27.1. The highest BCUT2D eigenvalue weighted by Crippen LogP contribution is 2.42. The molecule has 0 aliphatic rings. The molecule has 0 fully saturated rings. The molecule has 3 rings (SSSR count). The van der Waals surface area contributed by atoms with E-state index in [2.05, 4.69) is 0 Å². The lowest BCUT2D eigenvalue weighted by molar-refractivity contribution is -0.138. The fraction of sp³-hybridized carbons (Fsp3) is 0.200. The van der Waals surface area contributed by atoms with Crippen molar-refractivity contribution in [3.63, 3.8) is 0 Å². The molecule has 10 heteroatoms. The zero-order chi connectivity index (χ0) is 33.3. The maximum absolute atomic E-state index is 14.2. The summed E-state index contributed by atoms with van der Waals surface area (Å²) in [6.07, 6.45) is 1.70. The molecule has 0 radical (unpaired) electrons. The van der Waals surface area contributed by atoms with Gasteiger partial charge < -0.3 is 9.47 Å². The van der Waals surface area contributed by atoms with Crippen LogP contribution in [0.2, 0.25) is 0 Å². The number of halogens is 3. The van der Waals surface area contributed by atoms with Crippen LogP contribution in [0, 0.1) is 18.6 Å². The number of allylic oxidation sites excluding steroid dienone is 3. The molecular weight excluding hydrogens is 622 g/mol. The predicted molar refractivity (Wildman–Crippen MR) is 172 cm³/mol. The van der Waals surface area contributed by atoms with Gasteiger partial charge in [0.2, 0.25) is 0 Å². The van der Waals surface area contributed by atoms with Gasteiger partial charge in [0.05, 0.1) is 30.3 Å². The van der Waals surface area contributed by atoms with Crippen LogP contribution >= 0.6 is 11.6 Å². The third-order valence-corrected chi connectivity index (χ3v) is 8.81. The first kappa shape index (κ1) is 35.1. The van der Waals surface area contributed by atoms with Crippen LogP contribution in [0.4, 0.5) is 8.78 Å². The summed E-state index contributed by atoms with van der Waals surface area (Å²) in [5.41, 5.74) is 1.63. The number of sulfone groups is 1. The molecule has 6 nitrogen and oxygen atoms in total. The van der Waals surface area contributed by atoms with Crippen molar-refractivity contribution in [3.05, 3.63) is 134 Å². The quantitative estimate of drug-likeness (QED) is 0.0898. The molecule has 0 bridgehead atoms. The highest BCUT2D eigenvalue weighted by molar-refractivity contribution is 7.94. The first-order chi connectivity index (χ1) is 21.4. The minimum atomic E-state index is -4.10. The molecule has 0 aliphatic carbocycles. The Labute approximate surface area is 267 Å². The lowest BCUT2D eigenvalue weighted by atomic mass is 9.82. The summed E-state index contributed by atoms with van der Waals surface area (Å²) in [5, 5.41) is 1.21. The first-order valence-corrected chi connectivity index (χ1v) is 15.9. The molecule has 0 heterocycles. The van der Waals surface area contributed by atoms with Gasteiger partial charge in [-0.15, -0.1) is 0 Å². The fourth-order valence-corrected chi connectivity index (χ4v) is 5.83. The molecule has 3 aromatic carbocycles. The van der Waals surface area contributed by atoms with Crippen LogP contribution in [0.15, 0.2) is 111 Å². The molecule has 0 amide bonds. The number of hydrogen-bond donors (Lipinski definition) is 0. The van der Waals surface area contributed by atoms with Gasteiger partial charge in [0.15, 0.2) is 9.84 Å². The Morgan fingerprint density at radius 1 is 0.756 bits per heavy atom. The van der Waals surface area contributed by atoms with E-state index in [1.807, 2.05) is 13.8 Å². The summed E-state index contributed by atoms with van der Waals surface area (Å²) < 4.78 is 65.0. The number of hydrogen-bond acceptors (Lipinski definition) is 6. The van der Waals surface area contributed by atoms with Crippen LogP contribution in [0.25, 0.3) is 11.1 Å². The van der Waals surface area contributed by atoms with Crippen LogP contribution < -0.4 is 0 Å². The highest BCUT2D eigenvalue weighted by atomic mass is 35.5. The van der Waals surface area contributed by atoms with Gasteiger partial charge in [0.25, 0.3) is 0 Å². The van der Waals surface area contributed by atoms with Gasteiger partial charge in [-0.1, -0.05) is 67.4 Å². The summed E-state index contributed by atoms with van der Waals surface area (Å²) in [5.74, 6) is -3.16. The zero-order valence-electron chi connectivity index (χ0n) is 25.5. The second-order valence-corrected chi connectivity index (χ2v) is 12.1. The molecular formula is C35H33ClF2O6S. The Morgan fingerprint density at radius 3 is 1.69 bits per heavy atom.